The first kappa shape index (κ1) is 23.3. The Hall–Kier alpha value is -3.45. The highest BCUT2D eigenvalue weighted by atomic mass is 32.2. The molecule has 0 bridgehead atoms. The van der Waals surface area contributed by atoms with Crippen LogP contribution < -0.4 is 0 Å². The molecule has 1 atom stereocenters. The van der Waals surface area contributed by atoms with Crippen molar-refractivity contribution in [3.05, 3.63) is 114 Å². The van der Waals surface area contributed by atoms with Crippen molar-refractivity contribution in [1.82, 2.24) is 8.87 Å². The van der Waals surface area contributed by atoms with Crippen molar-refractivity contribution in [3.8, 4) is 0 Å². The Bertz CT molecular complexity index is 1510. The number of aliphatic hydroxyl groups excluding tert-OH is 1. The van der Waals surface area contributed by atoms with Gasteiger partial charge in [0.05, 0.1) is 17.5 Å². The van der Waals surface area contributed by atoms with E-state index in [0.717, 1.165) is 32.9 Å². The van der Waals surface area contributed by atoms with Gasteiger partial charge in [0, 0.05) is 34.9 Å². The van der Waals surface area contributed by atoms with E-state index in [2.05, 4.69) is 16.7 Å². The number of sulfonamides is 1. The van der Waals surface area contributed by atoms with Crippen LogP contribution >= 0.6 is 0 Å². The van der Waals surface area contributed by atoms with Crippen LogP contribution in [0.15, 0.2) is 108 Å². The van der Waals surface area contributed by atoms with Gasteiger partial charge in [-0.2, -0.15) is 4.31 Å². The summed E-state index contributed by atoms with van der Waals surface area (Å²) < 4.78 is 30.7. The van der Waals surface area contributed by atoms with Gasteiger partial charge >= 0.3 is 0 Å². The quantitative estimate of drug-likeness (QED) is 0.323. The van der Waals surface area contributed by atoms with Crippen LogP contribution in [0, 0.1) is 6.92 Å². The summed E-state index contributed by atoms with van der Waals surface area (Å²) in [6, 6.07) is 32.5. The summed E-state index contributed by atoms with van der Waals surface area (Å²) in [5.41, 5.74) is 3.89. The van der Waals surface area contributed by atoms with Crippen LogP contribution in [0.5, 0.6) is 0 Å². The largest absolute Gasteiger partial charge is 0.390 e. The maximum absolute atomic E-state index is 13.6. The van der Waals surface area contributed by atoms with E-state index in [1.54, 1.807) is 24.3 Å². The average Bonchev–Trinajstić information content (AvgIpc) is 3.18. The normalized spacial score (nSPS) is 13.0. The molecule has 5 nitrogen and oxygen atoms in total. The Balaban J connectivity index is 1.48. The van der Waals surface area contributed by atoms with Crippen LogP contribution in [-0.2, 0) is 23.1 Å². The van der Waals surface area contributed by atoms with E-state index in [1.807, 2.05) is 73.7 Å². The molecule has 4 aromatic carbocycles. The number of hydrogen-bond acceptors (Lipinski definition) is 3. The lowest BCUT2D eigenvalue weighted by Crippen LogP contribution is -2.38. The predicted molar refractivity (Wildman–Crippen MR) is 141 cm³/mol. The van der Waals surface area contributed by atoms with E-state index in [4.69, 9.17) is 0 Å². The zero-order chi connectivity index (χ0) is 24.4. The monoisotopic (exact) mass is 484 g/mol. The fourth-order valence-electron chi connectivity index (χ4n) is 4.60. The minimum absolute atomic E-state index is 0.0219. The minimum Gasteiger partial charge on any atom is -0.390 e. The zero-order valence-electron chi connectivity index (χ0n) is 19.6. The minimum atomic E-state index is -3.81. The first-order chi connectivity index (χ1) is 16.9. The summed E-state index contributed by atoms with van der Waals surface area (Å²) in [4.78, 5) is 0.225. The van der Waals surface area contributed by atoms with Crippen molar-refractivity contribution in [1.29, 1.82) is 0 Å². The molecule has 1 N–H and O–H groups in total. The molecule has 0 aliphatic heterocycles. The molecule has 0 saturated heterocycles. The van der Waals surface area contributed by atoms with E-state index in [9.17, 15) is 13.5 Å². The lowest BCUT2D eigenvalue weighted by molar-refractivity contribution is 0.128. The maximum Gasteiger partial charge on any atom is 0.243 e. The number of benzene rings is 4. The number of aliphatic hydroxyl groups is 1. The van der Waals surface area contributed by atoms with Crippen molar-refractivity contribution in [2.75, 3.05) is 6.54 Å². The number of hydrogen-bond donors (Lipinski definition) is 1. The van der Waals surface area contributed by atoms with E-state index >= 15 is 0 Å². The van der Waals surface area contributed by atoms with Crippen LogP contribution in [0.3, 0.4) is 0 Å². The topological polar surface area (TPSA) is 62.5 Å². The molecule has 5 rings (SSSR count). The highest BCUT2D eigenvalue weighted by Crippen LogP contribution is 2.29. The van der Waals surface area contributed by atoms with Crippen LogP contribution in [-0.4, -0.2) is 35.0 Å². The number of para-hydroxylation sites is 2. The van der Waals surface area contributed by atoms with Gasteiger partial charge in [-0.25, -0.2) is 8.42 Å². The van der Waals surface area contributed by atoms with Gasteiger partial charge in [-0.3, -0.25) is 0 Å². The summed E-state index contributed by atoms with van der Waals surface area (Å²) in [6.07, 6.45) is -0.904. The third-order valence-corrected chi connectivity index (χ3v) is 8.17. The highest BCUT2D eigenvalue weighted by Gasteiger charge is 2.27. The molecule has 0 saturated carbocycles. The fourth-order valence-corrected chi connectivity index (χ4v) is 6.06. The third-order valence-electron chi connectivity index (χ3n) is 6.35. The Kier molecular flexibility index (Phi) is 6.43. The molecular formula is C29H28N2O3S. The average molecular weight is 485 g/mol. The predicted octanol–water partition coefficient (Wildman–Crippen LogP) is 5.35. The van der Waals surface area contributed by atoms with Gasteiger partial charge in [-0.05, 0) is 36.8 Å². The lowest BCUT2D eigenvalue weighted by Gasteiger charge is -2.25. The summed E-state index contributed by atoms with van der Waals surface area (Å²) in [5, 5.41) is 13.4. The molecule has 1 aromatic heterocycles. The van der Waals surface area contributed by atoms with Crippen molar-refractivity contribution < 1.29 is 13.5 Å². The standard InChI is InChI=1S/C29H28N2O3S/c1-22-15-17-25(18-16-22)35(33,34)30(19-23-9-3-2-4-10-23)20-24(32)21-31-28-13-7-5-11-26(28)27-12-6-8-14-29(27)31/h2-18,24,32H,19-21H2,1H3/t24-/m0/s1. The number of fused-ring (bicyclic) bond motifs is 3. The Labute approximate surface area is 205 Å². The van der Waals surface area contributed by atoms with Gasteiger partial charge in [0.15, 0.2) is 0 Å². The number of nitrogens with zero attached hydrogens (tertiary/aromatic N) is 2. The van der Waals surface area contributed by atoms with Crippen LogP contribution in [0.2, 0.25) is 0 Å². The first-order valence-electron chi connectivity index (χ1n) is 11.7. The van der Waals surface area contributed by atoms with Crippen molar-refractivity contribution >= 4 is 31.8 Å². The van der Waals surface area contributed by atoms with E-state index in [1.165, 1.54) is 4.31 Å². The molecule has 0 fully saturated rings. The molecule has 178 valence electrons. The summed E-state index contributed by atoms with van der Waals surface area (Å²) >= 11 is 0. The van der Waals surface area contributed by atoms with Gasteiger partial charge in [-0.1, -0.05) is 84.4 Å². The Morgan fingerprint density at radius 1 is 0.771 bits per heavy atom. The lowest BCUT2D eigenvalue weighted by atomic mass is 10.2. The second-order valence-corrected chi connectivity index (χ2v) is 10.8. The number of aromatic nitrogens is 1. The van der Waals surface area contributed by atoms with Crippen LogP contribution in [0.1, 0.15) is 11.1 Å². The molecule has 35 heavy (non-hydrogen) atoms. The molecule has 1 heterocycles. The SMILES string of the molecule is Cc1ccc(S(=O)(=O)N(Cc2ccccc2)C[C@H](O)Cn2c3ccccc3c3ccccc32)cc1. The third kappa shape index (κ3) is 4.73. The smallest absolute Gasteiger partial charge is 0.243 e. The second-order valence-electron chi connectivity index (χ2n) is 8.89. The van der Waals surface area contributed by atoms with Gasteiger partial charge in [0.25, 0.3) is 0 Å². The number of aryl methyl sites for hydroxylation is 1. The molecule has 0 amide bonds. The summed E-state index contributed by atoms with van der Waals surface area (Å²) in [5.74, 6) is 0. The highest BCUT2D eigenvalue weighted by molar-refractivity contribution is 7.89. The molecule has 0 unspecified atom stereocenters. The zero-order valence-corrected chi connectivity index (χ0v) is 20.4. The molecular weight excluding hydrogens is 456 g/mol. The summed E-state index contributed by atoms with van der Waals surface area (Å²) in [7, 11) is -3.81. The number of rotatable bonds is 8. The maximum atomic E-state index is 13.6. The second kappa shape index (κ2) is 9.66. The summed E-state index contributed by atoms with van der Waals surface area (Å²) in [6.45, 7) is 2.36. The van der Waals surface area contributed by atoms with E-state index in [0.29, 0.717) is 0 Å². The van der Waals surface area contributed by atoms with Gasteiger partial charge in [0.2, 0.25) is 10.0 Å². The molecule has 0 aliphatic carbocycles. The van der Waals surface area contributed by atoms with Crippen molar-refractivity contribution in [2.24, 2.45) is 0 Å². The van der Waals surface area contributed by atoms with E-state index < -0.39 is 16.1 Å². The van der Waals surface area contributed by atoms with Crippen molar-refractivity contribution in [2.45, 2.75) is 31.0 Å². The Morgan fingerprint density at radius 3 is 1.91 bits per heavy atom. The molecule has 5 aromatic rings. The first-order valence-corrected chi connectivity index (χ1v) is 13.1. The van der Waals surface area contributed by atoms with E-state index in [-0.39, 0.29) is 24.5 Å². The molecule has 0 aliphatic rings. The van der Waals surface area contributed by atoms with Gasteiger partial charge in [-0.15, -0.1) is 0 Å². The Morgan fingerprint density at radius 2 is 1.31 bits per heavy atom. The van der Waals surface area contributed by atoms with Crippen LogP contribution in [0.25, 0.3) is 21.8 Å². The van der Waals surface area contributed by atoms with Gasteiger partial charge < -0.3 is 9.67 Å². The van der Waals surface area contributed by atoms with Gasteiger partial charge in [0.1, 0.15) is 0 Å². The molecule has 6 heteroatoms. The molecule has 0 radical (unpaired) electrons. The fraction of sp³-hybridized carbons (Fsp3) is 0.172. The van der Waals surface area contributed by atoms with Crippen molar-refractivity contribution in [3.63, 3.8) is 0 Å². The molecule has 0 spiro atoms. The van der Waals surface area contributed by atoms with Crippen LogP contribution in [0.4, 0.5) is 0 Å².